The molecule has 0 atom stereocenters. The van der Waals surface area contributed by atoms with Gasteiger partial charge in [0.05, 0.1) is 17.1 Å². The molecule has 0 saturated carbocycles. The lowest BCUT2D eigenvalue weighted by Gasteiger charge is -2.10. The molecule has 0 aliphatic carbocycles. The third kappa shape index (κ3) is 4.49. The number of nitrogens with one attached hydrogen (secondary N) is 1. The second kappa shape index (κ2) is 7.65. The summed E-state index contributed by atoms with van der Waals surface area (Å²) < 4.78 is 6.44. The lowest BCUT2D eigenvalue weighted by molar-refractivity contribution is 0.0947. The number of carbonyl (C=O) groups is 1. The summed E-state index contributed by atoms with van der Waals surface area (Å²) >= 11 is 9.35. The van der Waals surface area contributed by atoms with Crippen LogP contribution in [0.15, 0.2) is 40.9 Å². The Balaban J connectivity index is 1.84. The highest BCUT2D eigenvalue weighted by Crippen LogP contribution is 2.21. The van der Waals surface area contributed by atoms with E-state index in [1.165, 1.54) is 11.1 Å². The van der Waals surface area contributed by atoms with Gasteiger partial charge in [0.15, 0.2) is 0 Å². The van der Waals surface area contributed by atoms with Crippen LogP contribution >= 0.6 is 27.5 Å². The van der Waals surface area contributed by atoms with Gasteiger partial charge in [-0.3, -0.25) is 4.79 Å². The fraction of sp³-hybridized carbons (Fsp3) is 0.235. The molecule has 0 radical (unpaired) electrons. The molecule has 0 fully saturated rings. The molecule has 116 valence electrons. The summed E-state index contributed by atoms with van der Waals surface area (Å²) in [7, 11) is 0. The van der Waals surface area contributed by atoms with E-state index in [2.05, 4.69) is 28.2 Å². The molecule has 1 N–H and O–H groups in total. The Kier molecular flexibility index (Phi) is 5.86. The van der Waals surface area contributed by atoms with Gasteiger partial charge in [0.2, 0.25) is 0 Å². The van der Waals surface area contributed by atoms with Crippen molar-refractivity contribution in [3.8, 4) is 5.75 Å². The Labute approximate surface area is 143 Å². The van der Waals surface area contributed by atoms with Crippen LogP contribution in [-0.2, 0) is 0 Å². The van der Waals surface area contributed by atoms with Crippen molar-refractivity contribution in [1.82, 2.24) is 5.32 Å². The molecule has 0 aromatic heterocycles. The molecule has 2 aromatic carbocycles. The quantitative estimate of drug-likeness (QED) is 0.772. The van der Waals surface area contributed by atoms with Crippen LogP contribution in [0.2, 0.25) is 5.02 Å². The monoisotopic (exact) mass is 381 g/mol. The maximum absolute atomic E-state index is 12.1. The molecule has 0 aliphatic heterocycles. The summed E-state index contributed by atoms with van der Waals surface area (Å²) in [5, 5.41) is 3.22. The molecule has 0 unspecified atom stereocenters. The molecule has 0 spiro atoms. The zero-order valence-electron chi connectivity index (χ0n) is 12.5. The molecule has 0 aliphatic rings. The second-order valence-corrected chi connectivity index (χ2v) is 6.30. The maximum Gasteiger partial charge on any atom is 0.252 e. The molecular formula is C17H17BrClNO2. The first-order chi connectivity index (χ1) is 10.5. The first-order valence-corrected chi connectivity index (χ1v) is 8.08. The second-order valence-electron chi connectivity index (χ2n) is 4.97. The largest absolute Gasteiger partial charge is 0.492 e. The molecule has 2 aromatic rings. The minimum atomic E-state index is -0.213. The van der Waals surface area contributed by atoms with E-state index in [-0.39, 0.29) is 5.91 Å². The molecule has 0 bridgehead atoms. The molecule has 22 heavy (non-hydrogen) atoms. The van der Waals surface area contributed by atoms with Crippen molar-refractivity contribution in [2.75, 3.05) is 13.2 Å². The van der Waals surface area contributed by atoms with Crippen molar-refractivity contribution in [2.45, 2.75) is 13.8 Å². The van der Waals surface area contributed by atoms with E-state index < -0.39 is 0 Å². The van der Waals surface area contributed by atoms with E-state index in [1.807, 2.05) is 25.1 Å². The average molecular weight is 383 g/mol. The van der Waals surface area contributed by atoms with E-state index in [4.69, 9.17) is 16.3 Å². The molecule has 0 saturated heterocycles. The van der Waals surface area contributed by atoms with Gasteiger partial charge < -0.3 is 10.1 Å². The van der Waals surface area contributed by atoms with E-state index in [0.29, 0.717) is 23.7 Å². The third-order valence-corrected chi connectivity index (χ3v) is 4.13. The van der Waals surface area contributed by atoms with Crippen LogP contribution in [0, 0.1) is 13.8 Å². The van der Waals surface area contributed by atoms with E-state index in [1.54, 1.807) is 18.2 Å². The number of hydrogen-bond acceptors (Lipinski definition) is 2. The predicted molar refractivity (Wildman–Crippen MR) is 92.9 cm³/mol. The van der Waals surface area contributed by atoms with Crippen molar-refractivity contribution in [3.63, 3.8) is 0 Å². The van der Waals surface area contributed by atoms with Gasteiger partial charge in [0.25, 0.3) is 5.91 Å². The van der Waals surface area contributed by atoms with Crippen LogP contribution in [0.1, 0.15) is 21.5 Å². The highest BCUT2D eigenvalue weighted by molar-refractivity contribution is 9.10. The number of halogens is 2. The number of aryl methyl sites for hydroxylation is 2. The Bertz CT molecular complexity index is 688. The minimum absolute atomic E-state index is 0.213. The highest BCUT2D eigenvalue weighted by atomic mass is 79.9. The summed E-state index contributed by atoms with van der Waals surface area (Å²) in [6.07, 6.45) is 0. The number of amides is 1. The smallest absolute Gasteiger partial charge is 0.252 e. The fourth-order valence-electron chi connectivity index (χ4n) is 1.90. The maximum atomic E-state index is 12.1. The van der Waals surface area contributed by atoms with Crippen molar-refractivity contribution in [2.24, 2.45) is 0 Å². The zero-order chi connectivity index (χ0) is 16.1. The Morgan fingerprint density at radius 3 is 2.68 bits per heavy atom. The average Bonchev–Trinajstić information content (AvgIpc) is 2.49. The molecule has 0 heterocycles. The Hall–Kier alpha value is -1.52. The van der Waals surface area contributed by atoms with Gasteiger partial charge in [0, 0.05) is 4.47 Å². The standard InChI is InChI=1S/C17H17BrClNO2/c1-11-3-5-14(9-12(11)2)22-8-7-20-17(21)15-10-13(18)4-6-16(15)19/h3-6,9-10H,7-8H2,1-2H3,(H,20,21). The molecule has 3 nitrogen and oxygen atoms in total. The van der Waals surface area contributed by atoms with Gasteiger partial charge in [-0.15, -0.1) is 0 Å². The summed E-state index contributed by atoms with van der Waals surface area (Å²) in [6, 6.07) is 11.1. The minimum Gasteiger partial charge on any atom is -0.492 e. The van der Waals surface area contributed by atoms with Crippen molar-refractivity contribution >= 4 is 33.4 Å². The van der Waals surface area contributed by atoms with Crippen LogP contribution < -0.4 is 10.1 Å². The molecular weight excluding hydrogens is 366 g/mol. The number of hydrogen-bond donors (Lipinski definition) is 1. The van der Waals surface area contributed by atoms with Crippen molar-refractivity contribution in [3.05, 3.63) is 62.6 Å². The zero-order valence-corrected chi connectivity index (χ0v) is 14.8. The number of rotatable bonds is 5. The van der Waals surface area contributed by atoms with E-state index >= 15 is 0 Å². The topological polar surface area (TPSA) is 38.3 Å². The SMILES string of the molecule is Cc1ccc(OCCNC(=O)c2cc(Br)ccc2Cl)cc1C. The van der Waals surface area contributed by atoms with E-state index in [0.717, 1.165) is 10.2 Å². The van der Waals surface area contributed by atoms with Gasteiger partial charge in [-0.05, 0) is 55.3 Å². The summed E-state index contributed by atoms with van der Waals surface area (Å²) in [4.78, 5) is 12.1. The highest BCUT2D eigenvalue weighted by Gasteiger charge is 2.10. The molecule has 5 heteroatoms. The van der Waals surface area contributed by atoms with Gasteiger partial charge in [-0.25, -0.2) is 0 Å². The number of carbonyl (C=O) groups excluding carboxylic acids is 1. The Morgan fingerprint density at radius 1 is 1.18 bits per heavy atom. The lowest BCUT2D eigenvalue weighted by Crippen LogP contribution is -2.28. The van der Waals surface area contributed by atoms with Gasteiger partial charge >= 0.3 is 0 Å². The van der Waals surface area contributed by atoms with Crippen LogP contribution in [0.3, 0.4) is 0 Å². The van der Waals surface area contributed by atoms with E-state index in [9.17, 15) is 4.79 Å². The van der Waals surface area contributed by atoms with Crippen LogP contribution in [-0.4, -0.2) is 19.1 Å². The number of benzene rings is 2. The molecule has 2 rings (SSSR count). The first-order valence-electron chi connectivity index (χ1n) is 6.90. The van der Waals surface area contributed by atoms with Gasteiger partial charge in [0.1, 0.15) is 12.4 Å². The summed E-state index contributed by atoms with van der Waals surface area (Å²) in [5.74, 6) is 0.591. The van der Waals surface area contributed by atoms with Crippen LogP contribution in [0.4, 0.5) is 0 Å². The number of ether oxygens (including phenoxy) is 1. The first kappa shape index (κ1) is 16.8. The third-order valence-electron chi connectivity index (χ3n) is 3.31. The van der Waals surface area contributed by atoms with Crippen LogP contribution in [0.25, 0.3) is 0 Å². The fourth-order valence-corrected chi connectivity index (χ4v) is 2.47. The van der Waals surface area contributed by atoms with Crippen molar-refractivity contribution in [1.29, 1.82) is 0 Å². The van der Waals surface area contributed by atoms with Gasteiger partial charge in [-0.1, -0.05) is 33.6 Å². The van der Waals surface area contributed by atoms with Crippen molar-refractivity contribution < 1.29 is 9.53 Å². The predicted octanol–water partition coefficient (Wildman–Crippen LogP) is 4.53. The Morgan fingerprint density at radius 2 is 1.95 bits per heavy atom. The summed E-state index contributed by atoms with van der Waals surface area (Å²) in [5.41, 5.74) is 2.86. The van der Waals surface area contributed by atoms with Gasteiger partial charge in [-0.2, -0.15) is 0 Å². The van der Waals surface area contributed by atoms with Crippen LogP contribution in [0.5, 0.6) is 5.75 Å². The lowest BCUT2D eigenvalue weighted by atomic mass is 10.1. The normalized spacial score (nSPS) is 10.4. The summed E-state index contributed by atoms with van der Waals surface area (Å²) in [6.45, 7) is 4.91. The molecule has 1 amide bonds.